The normalized spacial score (nSPS) is 25.4. The van der Waals surface area contributed by atoms with E-state index in [2.05, 4.69) is 10.6 Å². The van der Waals surface area contributed by atoms with Gasteiger partial charge in [0.15, 0.2) is 0 Å². The molecule has 2 saturated heterocycles. The van der Waals surface area contributed by atoms with Crippen LogP contribution < -0.4 is 10.6 Å². The molecule has 2 aliphatic rings. The third-order valence-electron chi connectivity index (χ3n) is 4.54. The number of carbonyl (C=O) groups is 1. The van der Waals surface area contributed by atoms with E-state index in [0.717, 1.165) is 13.1 Å². The van der Waals surface area contributed by atoms with E-state index in [4.69, 9.17) is 4.74 Å². The van der Waals surface area contributed by atoms with Gasteiger partial charge in [0, 0.05) is 44.2 Å². The number of hydrogen-bond donors (Lipinski definition) is 2. The summed E-state index contributed by atoms with van der Waals surface area (Å²) in [5.74, 6) is 0.208. The maximum absolute atomic E-state index is 12.9. The van der Waals surface area contributed by atoms with Gasteiger partial charge in [0.25, 0.3) is 5.91 Å². The van der Waals surface area contributed by atoms with E-state index in [1.165, 1.54) is 16.4 Å². The molecular formula is C17H25N3O4S. The molecule has 25 heavy (non-hydrogen) atoms. The number of amides is 1. The van der Waals surface area contributed by atoms with Crippen molar-refractivity contribution in [1.29, 1.82) is 0 Å². The van der Waals surface area contributed by atoms with Crippen LogP contribution in [0.1, 0.15) is 24.2 Å². The van der Waals surface area contributed by atoms with E-state index < -0.39 is 10.0 Å². The van der Waals surface area contributed by atoms with Gasteiger partial charge in [-0.2, -0.15) is 4.31 Å². The number of morpholine rings is 1. The molecule has 138 valence electrons. The van der Waals surface area contributed by atoms with Gasteiger partial charge in [0.05, 0.1) is 17.1 Å². The summed E-state index contributed by atoms with van der Waals surface area (Å²) in [6, 6.07) is 6.24. The van der Waals surface area contributed by atoms with Crippen molar-refractivity contribution >= 4 is 15.9 Å². The monoisotopic (exact) mass is 367 g/mol. The maximum atomic E-state index is 12.9. The second-order valence-electron chi connectivity index (χ2n) is 6.84. The largest absolute Gasteiger partial charge is 0.373 e. The molecule has 0 bridgehead atoms. The number of sulfonamides is 1. The Bertz CT molecular complexity index is 723. The molecule has 0 spiro atoms. The van der Waals surface area contributed by atoms with Crippen LogP contribution in [0.4, 0.5) is 0 Å². The van der Waals surface area contributed by atoms with E-state index >= 15 is 0 Å². The zero-order chi connectivity index (χ0) is 18.0. The molecule has 0 radical (unpaired) electrons. The third-order valence-corrected chi connectivity index (χ3v) is 6.37. The van der Waals surface area contributed by atoms with Crippen molar-refractivity contribution in [3.8, 4) is 0 Å². The Kier molecular flexibility index (Phi) is 5.43. The van der Waals surface area contributed by atoms with Gasteiger partial charge in [0.2, 0.25) is 10.0 Å². The zero-order valence-electron chi connectivity index (χ0n) is 14.6. The standard InChI is InChI=1S/C17H25N3O4S/c1-12-10-20(11-13(2)24-12)25(22,23)16-5-3-4-15(6-16)17(21)19-9-14-7-18-8-14/h3-6,12-14,18H,7-11H2,1-2H3,(H,19,21). The fraction of sp³-hybridized carbons (Fsp3) is 0.588. The fourth-order valence-electron chi connectivity index (χ4n) is 3.11. The lowest BCUT2D eigenvalue weighted by Crippen LogP contribution is -2.48. The fourth-order valence-corrected chi connectivity index (χ4v) is 4.74. The van der Waals surface area contributed by atoms with Gasteiger partial charge in [-0.1, -0.05) is 6.07 Å². The first kappa shape index (κ1) is 18.3. The van der Waals surface area contributed by atoms with Gasteiger partial charge < -0.3 is 15.4 Å². The second kappa shape index (κ2) is 7.41. The second-order valence-corrected chi connectivity index (χ2v) is 8.78. The number of rotatable bonds is 5. The van der Waals surface area contributed by atoms with Crippen LogP contribution in [-0.2, 0) is 14.8 Å². The molecule has 1 amide bonds. The average Bonchev–Trinajstić information content (AvgIpc) is 2.52. The molecule has 7 nitrogen and oxygen atoms in total. The Morgan fingerprint density at radius 2 is 1.96 bits per heavy atom. The number of ether oxygens (including phenoxy) is 1. The van der Waals surface area contributed by atoms with Crippen molar-refractivity contribution in [3.63, 3.8) is 0 Å². The van der Waals surface area contributed by atoms with Gasteiger partial charge in [-0.25, -0.2) is 8.42 Å². The summed E-state index contributed by atoms with van der Waals surface area (Å²) in [7, 11) is -3.65. The van der Waals surface area contributed by atoms with Crippen molar-refractivity contribution in [2.75, 3.05) is 32.7 Å². The summed E-state index contributed by atoms with van der Waals surface area (Å²) in [5.41, 5.74) is 0.364. The predicted molar refractivity (Wildman–Crippen MR) is 93.9 cm³/mol. The average molecular weight is 367 g/mol. The summed E-state index contributed by atoms with van der Waals surface area (Å²) >= 11 is 0. The third kappa shape index (κ3) is 4.20. The molecule has 0 saturated carbocycles. The van der Waals surface area contributed by atoms with Crippen LogP contribution in [0.2, 0.25) is 0 Å². The Morgan fingerprint density at radius 3 is 2.56 bits per heavy atom. The Balaban J connectivity index is 1.74. The first-order valence-corrected chi connectivity index (χ1v) is 10.0. The van der Waals surface area contributed by atoms with Gasteiger partial charge in [-0.05, 0) is 32.0 Å². The number of nitrogens with zero attached hydrogens (tertiary/aromatic N) is 1. The lowest BCUT2D eigenvalue weighted by atomic mass is 10.0. The van der Waals surface area contributed by atoms with E-state index in [-0.39, 0.29) is 23.0 Å². The molecule has 1 aromatic rings. The smallest absolute Gasteiger partial charge is 0.251 e. The Hall–Kier alpha value is -1.48. The van der Waals surface area contributed by atoms with E-state index in [1.807, 2.05) is 13.8 Å². The number of benzene rings is 1. The van der Waals surface area contributed by atoms with Gasteiger partial charge >= 0.3 is 0 Å². The van der Waals surface area contributed by atoms with Crippen LogP contribution >= 0.6 is 0 Å². The molecule has 2 atom stereocenters. The number of carbonyl (C=O) groups excluding carboxylic acids is 1. The van der Waals surface area contributed by atoms with E-state index in [0.29, 0.717) is 31.1 Å². The number of hydrogen-bond acceptors (Lipinski definition) is 5. The quantitative estimate of drug-likeness (QED) is 0.788. The minimum Gasteiger partial charge on any atom is -0.373 e. The molecule has 8 heteroatoms. The molecule has 2 unspecified atom stereocenters. The van der Waals surface area contributed by atoms with Crippen LogP contribution in [0.15, 0.2) is 29.2 Å². The highest BCUT2D eigenvalue weighted by atomic mass is 32.2. The zero-order valence-corrected chi connectivity index (χ0v) is 15.4. The highest BCUT2D eigenvalue weighted by Gasteiger charge is 2.32. The highest BCUT2D eigenvalue weighted by Crippen LogP contribution is 2.22. The summed E-state index contributed by atoms with van der Waals surface area (Å²) in [5, 5.41) is 6.02. The predicted octanol–water partition coefficient (Wildman–Crippen LogP) is 0.434. The van der Waals surface area contributed by atoms with Gasteiger partial charge in [0.1, 0.15) is 0 Å². The van der Waals surface area contributed by atoms with Crippen LogP contribution in [0.25, 0.3) is 0 Å². The van der Waals surface area contributed by atoms with E-state index in [9.17, 15) is 13.2 Å². The maximum Gasteiger partial charge on any atom is 0.251 e. The van der Waals surface area contributed by atoms with Gasteiger partial charge in [-0.3, -0.25) is 4.79 Å². The molecule has 0 aliphatic carbocycles. The molecular weight excluding hydrogens is 342 g/mol. The molecule has 0 aromatic heterocycles. The SMILES string of the molecule is CC1CN(S(=O)(=O)c2cccc(C(=O)NCC3CNC3)c2)CC(C)O1. The van der Waals surface area contributed by atoms with Crippen molar-refractivity contribution < 1.29 is 17.9 Å². The first-order valence-electron chi connectivity index (χ1n) is 8.61. The summed E-state index contributed by atoms with van der Waals surface area (Å²) in [6.45, 7) is 6.76. The Labute approximate surface area is 148 Å². The molecule has 1 aromatic carbocycles. The van der Waals surface area contributed by atoms with Crippen LogP contribution in [0, 0.1) is 5.92 Å². The van der Waals surface area contributed by atoms with Crippen molar-refractivity contribution in [1.82, 2.24) is 14.9 Å². The minimum absolute atomic E-state index is 0.145. The molecule has 2 heterocycles. The van der Waals surface area contributed by atoms with Crippen LogP contribution in [-0.4, -0.2) is 63.6 Å². The van der Waals surface area contributed by atoms with Crippen molar-refractivity contribution in [2.24, 2.45) is 5.92 Å². The summed E-state index contributed by atoms with van der Waals surface area (Å²) < 4.78 is 32.8. The minimum atomic E-state index is -3.65. The van der Waals surface area contributed by atoms with Crippen molar-refractivity contribution in [2.45, 2.75) is 31.0 Å². The first-order chi connectivity index (χ1) is 11.9. The molecule has 2 N–H and O–H groups in total. The number of nitrogens with one attached hydrogen (secondary N) is 2. The topological polar surface area (TPSA) is 87.7 Å². The summed E-state index contributed by atoms with van der Waals surface area (Å²) in [4.78, 5) is 12.4. The molecule has 3 rings (SSSR count). The van der Waals surface area contributed by atoms with Crippen molar-refractivity contribution in [3.05, 3.63) is 29.8 Å². The highest BCUT2D eigenvalue weighted by molar-refractivity contribution is 7.89. The lowest BCUT2D eigenvalue weighted by Gasteiger charge is -2.34. The van der Waals surface area contributed by atoms with Crippen LogP contribution in [0.3, 0.4) is 0 Å². The molecule has 2 fully saturated rings. The van der Waals surface area contributed by atoms with Crippen LogP contribution in [0.5, 0.6) is 0 Å². The Morgan fingerprint density at radius 1 is 1.28 bits per heavy atom. The molecule has 2 aliphatic heterocycles. The van der Waals surface area contributed by atoms with E-state index in [1.54, 1.807) is 12.1 Å². The lowest BCUT2D eigenvalue weighted by molar-refractivity contribution is -0.0440. The summed E-state index contributed by atoms with van der Waals surface area (Å²) in [6.07, 6.45) is -0.304. The van der Waals surface area contributed by atoms with Gasteiger partial charge in [-0.15, -0.1) is 0 Å².